The number of nitrogens with one attached hydrogen (secondary N) is 1. The number of benzene rings is 2. The average Bonchev–Trinajstić information content (AvgIpc) is 2.89. The SMILES string of the molecule is NS(=O)(=O)c1ccccc1-c1c(-c2ccccc2)[nH]oc1=O. The maximum Gasteiger partial charge on any atom is 0.365 e. The van der Waals surface area contributed by atoms with Crippen LogP contribution in [-0.4, -0.2) is 13.6 Å². The molecule has 112 valence electrons. The predicted octanol–water partition coefficient (Wildman–Crippen LogP) is 1.95. The number of nitrogens with two attached hydrogens (primary N) is 1. The molecule has 0 unspecified atom stereocenters. The smallest absolute Gasteiger partial charge is 0.338 e. The number of aromatic nitrogens is 1. The van der Waals surface area contributed by atoms with Crippen molar-refractivity contribution in [3.8, 4) is 22.4 Å². The molecule has 0 aliphatic heterocycles. The van der Waals surface area contributed by atoms with E-state index in [4.69, 9.17) is 9.66 Å². The summed E-state index contributed by atoms with van der Waals surface area (Å²) in [6.07, 6.45) is 0. The lowest BCUT2D eigenvalue weighted by atomic mass is 10.0. The molecule has 1 aromatic heterocycles. The van der Waals surface area contributed by atoms with Crippen molar-refractivity contribution in [2.24, 2.45) is 5.14 Å². The number of rotatable bonds is 3. The molecule has 1 heterocycles. The highest BCUT2D eigenvalue weighted by Gasteiger charge is 2.22. The van der Waals surface area contributed by atoms with E-state index in [0.717, 1.165) is 0 Å². The maximum atomic E-state index is 12.1. The summed E-state index contributed by atoms with van der Waals surface area (Å²) in [5.41, 5.74) is 0.791. The average molecular weight is 316 g/mol. The molecule has 0 radical (unpaired) electrons. The van der Waals surface area contributed by atoms with Crippen LogP contribution in [0, 0.1) is 0 Å². The van der Waals surface area contributed by atoms with E-state index in [-0.39, 0.29) is 16.0 Å². The van der Waals surface area contributed by atoms with Gasteiger partial charge in [-0.1, -0.05) is 48.5 Å². The fraction of sp³-hybridized carbons (Fsp3) is 0. The van der Waals surface area contributed by atoms with Crippen molar-refractivity contribution in [2.75, 3.05) is 0 Å². The molecule has 7 heteroatoms. The lowest BCUT2D eigenvalue weighted by molar-refractivity contribution is 0.394. The van der Waals surface area contributed by atoms with Crippen LogP contribution in [0.15, 0.2) is 68.8 Å². The van der Waals surface area contributed by atoms with E-state index in [2.05, 4.69) is 5.16 Å². The van der Waals surface area contributed by atoms with Crippen molar-refractivity contribution in [3.63, 3.8) is 0 Å². The Kier molecular flexibility index (Phi) is 3.44. The van der Waals surface area contributed by atoms with E-state index < -0.39 is 15.6 Å². The van der Waals surface area contributed by atoms with E-state index in [1.54, 1.807) is 36.4 Å². The first-order chi connectivity index (χ1) is 10.5. The first-order valence-electron chi connectivity index (χ1n) is 6.37. The molecule has 6 nitrogen and oxygen atoms in total. The van der Waals surface area contributed by atoms with Crippen LogP contribution < -0.4 is 10.8 Å². The van der Waals surface area contributed by atoms with Gasteiger partial charge in [-0.25, -0.2) is 23.5 Å². The second kappa shape index (κ2) is 5.28. The topological polar surface area (TPSA) is 106 Å². The van der Waals surface area contributed by atoms with Crippen LogP contribution in [0.2, 0.25) is 0 Å². The summed E-state index contributed by atoms with van der Waals surface area (Å²) in [6, 6.07) is 15.0. The lowest BCUT2D eigenvalue weighted by Gasteiger charge is -2.06. The third-order valence-corrected chi connectivity index (χ3v) is 4.19. The molecule has 0 amide bonds. The van der Waals surface area contributed by atoms with E-state index in [1.807, 2.05) is 6.07 Å². The van der Waals surface area contributed by atoms with Crippen molar-refractivity contribution >= 4 is 10.0 Å². The highest BCUT2D eigenvalue weighted by atomic mass is 32.2. The van der Waals surface area contributed by atoms with Gasteiger partial charge in [0.05, 0.1) is 16.2 Å². The van der Waals surface area contributed by atoms with Gasteiger partial charge in [-0.05, 0) is 6.07 Å². The van der Waals surface area contributed by atoms with Gasteiger partial charge >= 0.3 is 5.63 Å². The minimum Gasteiger partial charge on any atom is -0.338 e. The first-order valence-corrected chi connectivity index (χ1v) is 7.92. The van der Waals surface area contributed by atoms with Gasteiger partial charge in [0.1, 0.15) is 0 Å². The molecule has 0 saturated carbocycles. The number of aromatic amines is 1. The zero-order valence-electron chi connectivity index (χ0n) is 11.3. The fourth-order valence-corrected chi connectivity index (χ4v) is 3.02. The first kappa shape index (κ1) is 14.3. The number of hydrogen-bond donors (Lipinski definition) is 2. The Bertz CT molecular complexity index is 972. The minimum atomic E-state index is -3.97. The van der Waals surface area contributed by atoms with Crippen LogP contribution in [0.5, 0.6) is 0 Å². The number of hydrogen-bond acceptors (Lipinski definition) is 4. The largest absolute Gasteiger partial charge is 0.365 e. The van der Waals surface area contributed by atoms with Crippen molar-refractivity contribution in [1.29, 1.82) is 0 Å². The zero-order valence-corrected chi connectivity index (χ0v) is 12.1. The molecule has 0 aliphatic carbocycles. The molecule has 0 bridgehead atoms. The van der Waals surface area contributed by atoms with E-state index in [9.17, 15) is 13.2 Å². The third-order valence-electron chi connectivity index (χ3n) is 3.23. The second-order valence-electron chi connectivity index (χ2n) is 4.65. The van der Waals surface area contributed by atoms with Crippen molar-refractivity contribution in [2.45, 2.75) is 4.90 Å². The summed E-state index contributed by atoms with van der Waals surface area (Å²) in [5, 5.41) is 7.78. The Labute approximate surface area is 126 Å². The maximum absolute atomic E-state index is 12.1. The molecule has 0 atom stereocenters. The molecule has 2 aromatic carbocycles. The molecular weight excluding hydrogens is 304 g/mol. The monoisotopic (exact) mass is 316 g/mol. The summed E-state index contributed by atoms with van der Waals surface area (Å²) in [5.74, 6) is 0. The van der Waals surface area contributed by atoms with Gasteiger partial charge < -0.3 is 4.52 Å². The lowest BCUT2D eigenvalue weighted by Crippen LogP contribution is -2.14. The molecule has 0 aliphatic rings. The van der Waals surface area contributed by atoms with Gasteiger partial charge in [-0.3, -0.25) is 0 Å². The normalized spacial score (nSPS) is 11.5. The van der Waals surface area contributed by atoms with E-state index in [0.29, 0.717) is 11.3 Å². The number of H-pyrrole nitrogens is 1. The molecule has 3 aromatic rings. The summed E-state index contributed by atoms with van der Waals surface area (Å²) in [4.78, 5) is 11.9. The van der Waals surface area contributed by atoms with Gasteiger partial charge in [-0.15, -0.1) is 0 Å². The Balaban J connectivity index is 2.33. The van der Waals surface area contributed by atoms with Gasteiger partial charge in [0.2, 0.25) is 10.0 Å². The second-order valence-corrected chi connectivity index (χ2v) is 6.18. The summed E-state index contributed by atoms with van der Waals surface area (Å²) < 4.78 is 28.3. The molecule has 3 N–H and O–H groups in total. The Morgan fingerprint density at radius 3 is 2.27 bits per heavy atom. The molecule has 22 heavy (non-hydrogen) atoms. The number of primary sulfonamides is 1. The predicted molar refractivity (Wildman–Crippen MR) is 81.6 cm³/mol. The molecule has 0 spiro atoms. The van der Waals surface area contributed by atoms with Crippen LogP contribution in [-0.2, 0) is 10.0 Å². The molecule has 0 saturated heterocycles. The summed E-state index contributed by atoms with van der Waals surface area (Å²) >= 11 is 0. The molecule has 0 fully saturated rings. The van der Waals surface area contributed by atoms with Crippen LogP contribution in [0.3, 0.4) is 0 Å². The van der Waals surface area contributed by atoms with Crippen molar-refractivity contribution < 1.29 is 12.9 Å². The Morgan fingerprint density at radius 1 is 0.955 bits per heavy atom. The van der Waals surface area contributed by atoms with Crippen LogP contribution in [0.1, 0.15) is 0 Å². The Morgan fingerprint density at radius 2 is 1.59 bits per heavy atom. The summed E-state index contributed by atoms with van der Waals surface area (Å²) in [7, 11) is -3.97. The highest BCUT2D eigenvalue weighted by molar-refractivity contribution is 7.89. The van der Waals surface area contributed by atoms with E-state index >= 15 is 0 Å². The van der Waals surface area contributed by atoms with Crippen LogP contribution >= 0.6 is 0 Å². The van der Waals surface area contributed by atoms with E-state index in [1.165, 1.54) is 12.1 Å². The van der Waals surface area contributed by atoms with Crippen molar-refractivity contribution in [1.82, 2.24) is 5.16 Å². The zero-order chi connectivity index (χ0) is 15.7. The van der Waals surface area contributed by atoms with Gasteiger partial charge in [0, 0.05) is 11.1 Å². The fourth-order valence-electron chi connectivity index (χ4n) is 2.28. The number of sulfonamides is 1. The Hall–Kier alpha value is -2.64. The van der Waals surface area contributed by atoms with Gasteiger partial charge in [0.25, 0.3) is 0 Å². The standard InChI is InChI=1S/C15H12N2O4S/c16-22(19,20)12-9-5-4-8-11(12)13-14(17-21-15(13)18)10-6-2-1-3-7-10/h1-9,17H,(H2,16,19,20). The van der Waals surface area contributed by atoms with Crippen LogP contribution in [0.25, 0.3) is 22.4 Å². The van der Waals surface area contributed by atoms with Gasteiger partial charge in [-0.2, -0.15) is 0 Å². The van der Waals surface area contributed by atoms with Crippen LogP contribution in [0.4, 0.5) is 0 Å². The minimum absolute atomic E-state index is 0.126. The van der Waals surface area contributed by atoms with Gasteiger partial charge in [0.15, 0.2) is 0 Å². The molecule has 3 rings (SSSR count). The summed E-state index contributed by atoms with van der Waals surface area (Å²) in [6.45, 7) is 0. The third kappa shape index (κ3) is 2.47. The van der Waals surface area contributed by atoms with Crippen molar-refractivity contribution in [3.05, 3.63) is 65.0 Å². The molecular formula is C15H12N2O4S. The highest BCUT2D eigenvalue weighted by Crippen LogP contribution is 2.31. The quantitative estimate of drug-likeness (QED) is 0.770.